The maximum Gasteiger partial charge on any atom is 0.472 e. The van der Waals surface area contributed by atoms with E-state index in [1.54, 1.807) is 0 Å². The van der Waals surface area contributed by atoms with Crippen LogP contribution in [0, 0.1) is 0 Å². The van der Waals surface area contributed by atoms with Gasteiger partial charge < -0.3 is 53.5 Å². The summed E-state index contributed by atoms with van der Waals surface area (Å²) in [4.78, 5) is 43.4. The lowest BCUT2D eigenvalue weighted by Crippen LogP contribution is -2.32. The number of hydrogen-bond acceptors (Lipinski definition) is 19. The highest BCUT2D eigenvalue weighted by Crippen LogP contribution is 2.55. The molecule has 6 N–H and O–H groups in total. The first-order valence-electron chi connectivity index (χ1n) is 29.2. The molecule has 5 heterocycles. The van der Waals surface area contributed by atoms with E-state index in [-0.39, 0.29) is 51.9 Å². The second kappa shape index (κ2) is 24.5. The lowest BCUT2D eigenvalue weighted by molar-refractivity contribution is -0.0370. The highest BCUT2D eigenvalue weighted by Gasteiger charge is 2.46. The van der Waals surface area contributed by atoms with Crippen LogP contribution in [0.2, 0.25) is 0 Å². The molecule has 9 aromatic rings. The number of hydrogen-bond donors (Lipinski definition) is 6. The monoisotopic (exact) mass is 1290 g/mol. The van der Waals surface area contributed by atoms with Crippen LogP contribution in [0.5, 0.6) is 0 Å². The van der Waals surface area contributed by atoms with Crippen LogP contribution in [0.1, 0.15) is 55.4 Å². The Morgan fingerprint density at radius 1 is 0.386 bits per heavy atom. The topological polar surface area (TPSA) is 310 Å². The van der Waals surface area contributed by atoms with Gasteiger partial charge >= 0.3 is 31.3 Å². The smallest absolute Gasteiger partial charge is 0.394 e. The van der Waals surface area contributed by atoms with Gasteiger partial charge in [-0.3, -0.25) is 36.2 Å². The molecule has 27 heteroatoms. The molecule has 0 aliphatic carbocycles. The summed E-state index contributed by atoms with van der Waals surface area (Å²) in [5.74, 6) is 0. The summed E-state index contributed by atoms with van der Waals surface area (Å²) in [6.45, 7) is -2.78. The molecule has 4 unspecified atom stereocenters. The summed E-state index contributed by atoms with van der Waals surface area (Å²) in [5, 5.41) is 36.6. The molecule has 5 aliphatic rings. The van der Waals surface area contributed by atoms with Gasteiger partial charge in [0.15, 0.2) is 0 Å². The highest BCUT2D eigenvalue weighted by atomic mass is 31.2. The second-order valence-corrected chi connectivity index (χ2v) is 28.5. The molecule has 9 aromatic carbocycles. The maximum absolute atomic E-state index is 13.5. The summed E-state index contributed by atoms with van der Waals surface area (Å²) in [6.07, 6.45) is -11.5. The summed E-state index contributed by atoms with van der Waals surface area (Å²) < 4.78 is 126. The molecule has 0 amide bonds. The van der Waals surface area contributed by atoms with Gasteiger partial charge in [0.1, 0.15) is 54.9 Å². The predicted molar refractivity (Wildman–Crippen MR) is 321 cm³/mol. The Balaban J connectivity index is 0.533. The average molecular weight is 1290 g/mol. The van der Waals surface area contributed by atoms with Gasteiger partial charge in [-0.25, -0.2) is 18.3 Å². The van der Waals surface area contributed by atoms with Crippen molar-refractivity contribution in [1.29, 1.82) is 0 Å². The minimum atomic E-state index is -4.94. The van der Waals surface area contributed by atoms with E-state index >= 15 is 0 Å². The molecule has 16 atom stereocenters. The van der Waals surface area contributed by atoms with Gasteiger partial charge in [-0.05, 0) is 86.5 Å². The van der Waals surface area contributed by atoms with Crippen molar-refractivity contribution in [2.24, 2.45) is 0 Å². The van der Waals surface area contributed by atoms with Gasteiger partial charge in [0, 0.05) is 51.9 Å². The van der Waals surface area contributed by atoms with Gasteiger partial charge in [-0.15, -0.1) is 0 Å². The molecule has 5 fully saturated rings. The van der Waals surface area contributed by atoms with Gasteiger partial charge in [0.05, 0.1) is 51.3 Å². The minimum absolute atomic E-state index is 0.00976. The van der Waals surface area contributed by atoms with E-state index < -0.39 is 138 Å². The molecule has 0 radical (unpaired) electrons. The zero-order valence-electron chi connectivity index (χ0n) is 47.1. The Morgan fingerprint density at radius 2 is 0.750 bits per heavy atom. The standard InChI is InChI=1S/C61H64O23P4/c62-29-53-52(28-51(79-53)39-19-20-45-42-10-3-8-34-7-2-9-41(59(34)42)43-12-4-11-40(39)61(43)45)84-88(70,71)78-33-57-49(23-26-74-57)83-87(68,69)77-32-56-48(22-25-73-56)82-86(66,67)76-31-55-47(21-24-72-55)81-85(64,65)75-30-54-46(63)27-50(80-54)38-17-15-37-14-13-35-5-1-6-36-16-18-44(38)60(37)58(35)36/h1-20,46-57,62-63H,21-33H2,(H,64,65)(H,66,67)(H,68,69)(H,70,71)/t46-,47-,48-,49-,50+,51+,52-,53+,54+,55+,56+,57+/m0/s1. The molecule has 5 saturated heterocycles. The third-order valence-corrected chi connectivity index (χ3v) is 21.6. The zero-order valence-corrected chi connectivity index (χ0v) is 50.7. The molecule has 466 valence electrons. The van der Waals surface area contributed by atoms with Gasteiger partial charge in [0.2, 0.25) is 0 Å². The quantitative estimate of drug-likeness (QED) is 0.0197. The van der Waals surface area contributed by atoms with Crippen molar-refractivity contribution < 1.29 is 108 Å². The number of phosphoric ester groups is 4. The van der Waals surface area contributed by atoms with Crippen LogP contribution in [0.25, 0.3) is 75.4 Å². The number of fused-ring (bicyclic) bond motifs is 2. The first-order valence-corrected chi connectivity index (χ1v) is 35.2. The molecule has 88 heavy (non-hydrogen) atoms. The molecular weight excluding hydrogens is 1220 g/mol. The SMILES string of the molecule is O=P(O)(OC[C@H]1OCC[C@@H]1OP(=O)(O)OC[C@H]1O[C@@H](c2ccc3ccc4cccc5ccc2c3c45)C[C@@H]1O)O[C@H]1CCO[C@@H]1COP(=O)(O)O[C@H]1CCO[C@@H]1COP(=O)(O)O[C@H]1C[C@H](c2ccc3c4cccc5cccc(c6cccc2c63)c54)O[C@@H]1CO. The third-order valence-electron chi connectivity index (χ3n) is 17.5. The van der Waals surface area contributed by atoms with Gasteiger partial charge in [-0.2, -0.15) is 0 Å². The van der Waals surface area contributed by atoms with Crippen LogP contribution >= 0.6 is 31.3 Å². The molecule has 0 aromatic heterocycles. The lowest BCUT2D eigenvalue weighted by Gasteiger charge is -2.26. The van der Waals surface area contributed by atoms with Crippen LogP contribution in [-0.2, 0) is 78.1 Å². The molecule has 23 nitrogen and oxygen atoms in total. The second-order valence-electron chi connectivity index (χ2n) is 22.9. The average Bonchev–Trinajstić information content (AvgIpc) is 1.32. The summed E-state index contributed by atoms with van der Waals surface area (Å²) in [7, 11) is -19.6. The first kappa shape index (κ1) is 61.0. The van der Waals surface area contributed by atoms with E-state index in [0.717, 1.165) is 81.1 Å². The van der Waals surface area contributed by atoms with Crippen molar-refractivity contribution >= 4 is 107 Å². The molecule has 0 bridgehead atoms. The molecular formula is C61H64O23P4. The minimum Gasteiger partial charge on any atom is -0.394 e. The first-order chi connectivity index (χ1) is 42.4. The van der Waals surface area contributed by atoms with Crippen LogP contribution in [-0.4, -0.2) is 144 Å². The van der Waals surface area contributed by atoms with Crippen LogP contribution in [0.3, 0.4) is 0 Å². The van der Waals surface area contributed by atoms with Gasteiger partial charge in [0.25, 0.3) is 0 Å². The molecule has 0 spiro atoms. The Kier molecular flexibility index (Phi) is 17.0. The predicted octanol–water partition coefficient (Wildman–Crippen LogP) is 10.7. The van der Waals surface area contributed by atoms with Crippen molar-refractivity contribution in [3.05, 3.63) is 132 Å². The number of aliphatic hydroxyl groups excluding tert-OH is 2. The van der Waals surface area contributed by atoms with Crippen LogP contribution in [0.15, 0.2) is 121 Å². The van der Waals surface area contributed by atoms with E-state index in [9.17, 15) is 48.0 Å². The Labute approximate surface area is 503 Å². The highest BCUT2D eigenvalue weighted by molar-refractivity contribution is 7.48. The van der Waals surface area contributed by atoms with Crippen molar-refractivity contribution in [3.8, 4) is 0 Å². The van der Waals surface area contributed by atoms with E-state index in [0.29, 0.717) is 0 Å². The number of aliphatic hydroxyl groups is 2. The number of ether oxygens (including phenoxy) is 5. The van der Waals surface area contributed by atoms with E-state index in [4.69, 9.17) is 59.9 Å². The van der Waals surface area contributed by atoms with E-state index in [1.165, 1.54) is 5.39 Å². The third kappa shape index (κ3) is 12.3. The van der Waals surface area contributed by atoms with Crippen LogP contribution < -0.4 is 0 Å². The number of rotatable bonds is 23. The van der Waals surface area contributed by atoms with Crippen molar-refractivity contribution in [2.75, 3.05) is 52.9 Å². The number of benzene rings is 9. The molecule has 14 rings (SSSR count). The summed E-state index contributed by atoms with van der Waals surface area (Å²) >= 11 is 0. The molecule has 5 aliphatic heterocycles. The molecule has 0 saturated carbocycles. The Morgan fingerprint density at radius 3 is 1.28 bits per heavy atom. The largest absolute Gasteiger partial charge is 0.472 e. The van der Waals surface area contributed by atoms with Crippen molar-refractivity contribution in [2.45, 2.75) is 105 Å². The maximum atomic E-state index is 13.5. The fourth-order valence-electron chi connectivity index (χ4n) is 13.4. The fourth-order valence-corrected chi connectivity index (χ4v) is 17.3. The number of phosphoric acid groups is 4. The van der Waals surface area contributed by atoms with Crippen LogP contribution in [0.4, 0.5) is 0 Å². The van der Waals surface area contributed by atoms with E-state index in [1.807, 2.05) is 54.6 Å². The Hall–Kier alpha value is -4.52. The van der Waals surface area contributed by atoms with Gasteiger partial charge in [-0.1, -0.05) is 121 Å². The summed E-state index contributed by atoms with van der Waals surface area (Å²) in [5.41, 5.74) is 1.69. The fraction of sp³-hybridized carbons (Fsp3) is 0.410. The zero-order chi connectivity index (χ0) is 60.7. The Bertz CT molecular complexity index is 4180. The van der Waals surface area contributed by atoms with Crippen molar-refractivity contribution in [1.82, 2.24) is 0 Å². The lowest BCUT2D eigenvalue weighted by atomic mass is 9.87. The van der Waals surface area contributed by atoms with E-state index in [2.05, 4.69) is 66.7 Å². The normalized spacial score (nSPS) is 29.8. The van der Waals surface area contributed by atoms with Crippen molar-refractivity contribution in [3.63, 3.8) is 0 Å². The summed E-state index contributed by atoms with van der Waals surface area (Å²) in [6, 6.07) is 41.0.